The molecule has 2 rings (SSSR count). The summed E-state index contributed by atoms with van der Waals surface area (Å²) in [7, 11) is 0. The third-order valence-electron chi connectivity index (χ3n) is 3.57. The van der Waals surface area contributed by atoms with Gasteiger partial charge in [0.05, 0.1) is 13.0 Å². The number of hydrogen-bond donors (Lipinski definition) is 2. The molecular formula is C18H22N2O2. The molecule has 0 bridgehead atoms. The van der Waals surface area contributed by atoms with Gasteiger partial charge in [0.2, 0.25) is 5.91 Å². The summed E-state index contributed by atoms with van der Waals surface area (Å²) in [5, 5.41) is 2.92. The average molecular weight is 298 g/mol. The van der Waals surface area contributed by atoms with Crippen LogP contribution in [-0.4, -0.2) is 12.5 Å². The van der Waals surface area contributed by atoms with E-state index >= 15 is 0 Å². The van der Waals surface area contributed by atoms with E-state index in [4.69, 9.17) is 10.5 Å². The zero-order valence-electron chi connectivity index (χ0n) is 13.3. The summed E-state index contributed by atoms with van der Waals surface area (Å²) in [4.78, 5) is 12.1. The van der Waals surface area contributed by atoms with Gasteiger partial charge in [0.25, 0.3) is 0 Å². The molecule has 0 heterocycles. The van der Waals surface area contributed by atoms with Gasteiger partial charge < -0.3 is 15.8 Å². The Morgan fingerprint density at radius 2 is 1.95 bits per heavy atom. The van der Waals surface area contributed by atoms with Crippen LogP contribution in [0.25, 0.3) is 0 Å². The first-order chi connectivity index (χ1) is 10.5. The van der Waals surface area contributed by atoms with Crippen LogP contribution in [-0.2, 0) is 4.79 Å². The Labute approximate surface area is 131 Å². The number of amides is 1. The smallest absolute Gasteiger partial charge is 0.227 e. The van der Waals surface area contributed by atoms with Crippen molar-refractivity contribution in [2.75, 3.05) is 17.7 Å². The van der Waals surface area contributed by atoms with E-state index in [1.54, 1.807) is 0 Å². The lowest BCUT2D eigenvalue weighted by Gasteiger charge is -2.13. The van der Waals surface area contributed by atoms with Crippen LogP contribution in [0, 0.1) is 20.8 Å². The van der Waals surface area contributed by atoms with Gasteiger partial charge >= 0.3 is 0 Å². The number of carbonyl (C=O) groups excluding carboxylic acids is 1. The highest BCUT2D eigenvalue weighted by Crippen LogP contribution is 2.25. The standard InChI is InChI=1S/C18H22N2O2/c1-12-5-4-6-15(11-12)22-10-9-17(21)20-18-13(2)7-8-16(19)14(18)3/h4-8,11H,9-10,19H2,1-3H3,(H,20,21). The summed E-state index contributed by atoms with van der Waals surface area (Å²) >= 11 is 0. The maximum absolute atomic E-state index is 12.1. The van der Waals surface area contributed by atoms with E-state index in [2.05, 4.69) is 5.32 Å². The molecule has 4 nitrogen and oxygen atoms in total. The second kappa shape index (κ2) is 6.98. The Morgan fingerprint density at radius 1 is 1.18 bits per heavy atom. The number of rotatable bonds is 5. The molecule has 1 amide bonds. The number of anilines is 2. The minimum Gasteiger partial charge on any atom is -0.493 e. The molecule has 0 aliphatic heterocycles. The maximum atomic E-state index is 12.1. The van der Waals surface area contributed by atoms with E-state index in [9.17, 15) is 4.79 Å². The van der Waals surface area contributed by atoms with Crippen molar-refractivity contribution >= 4 is 17.3 Å². The number of carbonyl (C=O) groups is 1. The first-order valence-corrected chi connectivity index (χ1v) is 7.32. The number of hydrogen-bond acceptors (Lipinski definition) is 3. The van der Waals surface area contributed by atoms with E-state index in [-0.39, 0.29) is 5.91 Å². The predicted molar refractivity (Wildman–Crippen MR) is 90.2 cm³/mol. The van der Waals surface area contributed by atoms with E-state index < -0.39 is 0 Å². The summed E-state index contributed by atoms with van der Waals surface area (Å²) in [6.45, 7) is 6.20. The zero-order valence-corrected chi connectivity index (χ0v) is 13.3. The van der Waals surface area contributed by atoms with Crippen molar-refractivity contribution in [2.45, 2.75) is 27.2 Å². The van der Waals surface area contributed by atoms with Gasteiger partial charge in [-0.1, -0.05) is 18.2 Å². The largest absolute Gasteiger partial charge is 0.493 e. The maximum Gasteiger partial charge on any atom is 0.227 e. The van der Waals surface area contributed by atoms with E-state index in [1.807, 2.05) is 57.2 Å². The fourth-order valence-electron chi connectivity index (χ4n) is 2.22. The molecule has 4 heteroatoms. The number of nitrogen functional groups attached to an aromatic ring is 1. The Bertz CT molecular complexity index is 681. The first-order valence-electron chi connectivity index (χ1n) is 7.32. The summed E-state index contributed by atoms with van der Waals surface area (Å²) in [6.07, 6.45) is 0.293. The highest BCUT2D eigenvalue weighted by molar-refractivity contribution is 5.93. The highest BCUT2D eigenvalue weighted by atomic mass is 16.5. The van der Waals surface area contributed by atoms with Crippen LogP contribution < -0.4 is 15.8 Å². The monoisotopic (exact) mass is 298 g/mol. The van der Waals surface area contributed by atoms with Crippen LogP contribution in [0.1, 0.15) is 23.1 Å². The lowest BCUT2D eigenvalue weighted by atomic mass is 10.1. The van der Waals surface area contributed by atoms with Crippen molar-refractivity contribution in [3.8, 4) is 5.75 Å². The highest BCUT2D eigenvalue weighted by Gasteiger charge is 2.09. The van der Waals surface area contributed by atoms with E-state index in [0.717, 1.165) is 28.1 Å². The van der Waals surface area contributed by atoms with Crippen molar-refractivity contribution in [1.82, 2.24) is 0 Å². The van der Waals surface area contributed by atoms with Crippen LogP contribution in [0.4, 0.5) is 11.4 Å². The van der Waals surface area contributed by atoms with Crippen molar-refractivity contribution in [2.24, 2.45) is 0 Å². The fraction of sp³-hybridized carbons (Fsp3) is 0.278. The summed E-state index contributed by atoms with van der Waals surface area (Å²) < 4.78 is 5.59. The van der Waals surface area contributed by atoms with Gasteiger partial charge in [-0.2, -0.15) is 0 Å². The van der Waals surface area contributed by atoms with Gasteiger partial charge in [0.1, 0.15) is 5.75 Å². The molecule has 3 N–H and O–H groups in total. The molecule has 2 aromatic carbocycles. The molecule has 0 radical (unpaired) electrons. The number of ether oxygens (including phenoxy) is 1. The molecule has 0 aliphatic rings. The van der Waals surface area contributed by atoms with E-state index in [1.165, 1.54) is 0 Å². The number of nitrogens with one attached hydrogen (secondary N) is 1. The molecule has 0 saturated heterocycles. The Hall–Kier alpha value is -2.49. The molecule has 0 saturated carbocycles. The van der Waals surface area contributed by atoms with Crippen LogP contribution in [0.5, 0.6) is 5.75 Å². The SMILES string of the molecule is Cc1cccc(OCCC(=O)Nc2c(C)ccc(N)c2C)c1. The Balaban J connectivity index is 1.90. The van der Waals surface area contributed by atoms with Crippen molar-refractivity contribution in [3.63, 3.8) is 0 Å². The third kappa shape index (κ3) is 4.01. The number of aryl methyl sites for hydroxylation is 2. The van der Waals surface area contributed by atoms with Gasteiger partial charge in [0.15, 0.2) is 0 Å². The topological polar surface area (TPSA) is 64.3 Å². The minimum absolute atomic E-state index is 0.0792. The van der Waals surface area contributed by atoms with Crippen LogP contribution >= 0.6 is 0 Å². The second-order valence-corrected chi connectivity index (χ2v) is 5.43. The summed E-state index contributed by atoms with van der Waals surface area (Å²) in [5.74, 6) is 0.702. The molecule has 0 spiro atoms. The van der Waals surface area contributed by atoms with Crippen LogP contribution in [0.15, 0.2) is 36.4 Å². The second-order valence-electron chi connectivity index (χ2n) is 5.43. The van der Waals surface area contributed by atoms with Crippen molar-refractivity contribution < 1.29 is 9.53 Å². The molecule has 0 aliphatic carbocycles. The van der Waals surface area contributed by atoms with Gasteiger partial charge in [-0.05, 0) is 55.7 Å². The number of nitrogens with two attached hydrogens (primary N) is 1. The first kappa shape index (κ1) is 15.9. The van der Waals surface area contributed by atoms with Gasteiger partial charge in [-0.25, -0.2) is 0 Å². The normalized spacial score (nSPS) is 10.3. The van der Waals surface area contributed by atoms with Crippen LogP contribution in [0.2, 0.25) is 0 Å². The zero-order chi connectivity index (χ0) is 16.1. The van der Waals surface area contributed by atoms with Crippen molar-refractivity contribution in [3.05, 3.63) is 53.1 Å². The fourth-order valence-corrected chi connectivity index (χ4v) is 2.22. The molecule has 0 atom stereocenters. The number of benzene rings is 2. The minimum atomic E-state index is -0.0792. The Morgan fingerprint density at radius 3 is 2.68 bits per heavy atom. The lowest BCUT2D eigenvalue weighted by molar-refractivity contribution is -0.116. The Kier molecular flexibility index (Phi) is 5.04. The third-order valence-corrected chi connectivity index (χ3v) is 3.57. The quantitative estimate of drug-likeness (QED) is 0.829. The van der Waals surface area contributed by atoms with Gasteiger partial charge in [-0.3, -0.25) is 4.79 Å². The summed E-state index contributed by atoms with van der Waals surface area (Å²) in [6, 6.07) is 11.5. The average Bonchev–Trinajstić information content (AvgIpc) is 2.48. The molecule has 22 heavy (non-hydrogen) atoms. The molecular weight excluding hydrogens is 276 g/mol. The molecule has 0 unspecified atom stereocenters. The van der Waals surface area contributed by atoms with Gasteiger partial charge in [0, 0.05) is 11.4 Å². The lowest BCUT2D eigenvalue weighted by Crippen LogP contribution is -2.17. The van der Waals surface area contributed by atoms with Crippen molar-refractivity contribution in [1.29, 1.82) is 0 Å². The van der Waals surface area contributed by atoms with Crippen LogP contribution in [0.3, 0.4) is 0 Å². The summed E-state index contributed by atoms with van der Waals surface area (Å²) in [5.41, 5.74) is 10.4. The predicted octanol–water partition coefficient (Wildman–Crippen LogP) is 3.60. The molecule has 116 valence electrons. The van der Waals surface area contributed by atoms with E-state index in [0.29, 0.717) is 18.7 Å². The molecule has 0 fully saturated rings. The van der Waals surface area contributed by atoms with Gasteiger partial charge in [-0.15, -0.1) is 0 Å². The molecule has 2 aromatic rings. The molecule has 0 aromatic heterocycles.